The highest BCUT2D eigenvalue weighted by Crippen LogP contribution is 2.32. The Balaban J connectivity index is 2.95. The lowest BCUT2D eigenvalue weighted by molar-refractivity contribution is -0.140. The molecule has 0 amide bonds. The Hall–Kier alpha value is -1.85. The summed E-state index contributed by atoms with van der Waals surface area (Å²) in [7, 11) is 1.18. The molecule has 0 heterocycles. The molecule has 0 saturated heterocycles. The van der Waals surface area contributed by atoms with Gasteiger partial charge in [0.1, 0.15) is 5.82 Å². The van der Waals surface area contributed by atoms with E-state index in [4.69, 9.17) is 0 Å². The Labute approximate surface area is 101 Å². The average Bonchev–Trinajstić information content (AvgIpc) is 2.29. The van der Waals surface area contributed by atoms with Gasteiger partial charge in [-0.3, -0.25) is 4.79 Å². The van der Waals surface area contributed by atoms with Gasteiger partial charge in [-0.15, -0.1) is 0 Å². The van der Waals surface area contributed by atoms with Crippen LogP contribution in [-0.4, -0.2) is 13.1 Å². The maximum atomic E-state index is 13.5. The summed E-state index contributed by atoms with van der Waals surface area (Å²) >= 11 is 0. The van der Waals surface area contributed by atoms with Gasteiger partial charge in [-0.1, -0.05) is 24.3 Å². The Kier molecular flexibility index (Phi) is 4.47. The van der Waals surface area contributed by atoms with E-state index in [0.29, 0.717) is 6.07 Å². The number of halogens is 4. The van der Waals surface area contributed by atoms with E-state index in [1.165, 1.54) is 19.3 Å². The highest BCUT2D eigenvalue weighted by atomic mass is 19.4. The van der Waals surface area contributed by atoms with Crippen LogP contribution in [0.3, 0.4) is 0 Å². The predicted molar refractivity (Wildman–Crippen MR) is 57.1 cm³/mol. The van der Waals surface area contributed by atoms with Crippen molar-refractivity contribution < 1.29 is 27.1 Å². The molecule has 0 aliphatic heterocycles. The van der Waals surface area contributed by atoms with Gasteiger partial charge in [0.2, 0.25) is 0 Å². The summed E-state index contributed by atoms with van der Waals surface area (Å²) in [4.78, 5) is 10.8. The molecule has 0 spiro atoms. The number of carbonyl (C=O) groups excluding carboxylic acids is 1. The van der Waals surface area contributed by atoms with Gasteiger partial charge in [-0.05, 0) is 6.07 Å². The molecule has 0 aliphatic carbocycles. The summed E-state index contributed by atoms with van der Waals surface area (Å²) < 4.78 is 55.0. The largest absolute Gasteiger partial charge is 0.469 e. The summed E-state index contributed by atoms with van der Waals surface area (Å²) in [6.07, 6.45) is -2.52. The maximum absolute atomic E-state index is 13.5. The maximum Gasteiger partial charge on any atom is 0.419 e. The average molecular weight is 262 g/mol. The van der Waals surface area contributed by atoms with E-state index in [2.05, 4.69) is 4.74 Å². The zero-order chi connectivity index (χ0) is 13.8. The smallest absolute Gasteiger partial charge is 0.419 e. The van der Waals surface area contributed by atoms with Gasteiger partial charge in [0.25, 0.3) is 0 Å². The van der Waals surface area contributed by atoms with Crippen molar-refractivity contribution in [2.24, 2.45) is 0 Å². The molecule has 6 heteroatoms. The summed E-state index contributed by atoms with van der Waals surface area (Å²) in [6.45, 7) is 0. The van der Waals surface area contributed by atoms with Crippen LogP contribution in [0.1, 0.15) is 17.5 Å². The van der Waals surface area contributed by atoms with Crippen molar-refractivity contribution >= 4 is 12.0 Å². The number of carbonyl (C=O) groups is 1. The minimum Gasteiger partial charge on any atom is -0.469 e. The van der Waals surface area contributed by atoms with Crippen LogP contribution in [0, 0.1) is 5.82 Å². The lowest BCUT2D eigenvalue weighted by Crippen LogP contribution is -2.08. The van der Waals surface area contributed by atoms with Crippen molar-refractivity contribution in [1.82, 2.24) is 0 Å². The SMILES string of the molecule is COC(=O)CC=Cc1cccc(C(F)(F)F)c1F. The fourth-order valence-corrected chi connectivity index (χ4v) is 1.26. The topological polar surface area (TPSA) is 26.3 Å². The van der Waals surface area contributed by atoms with E-state index < -0.39 is 23.5 Å². The standard InChI is InChI=1S/C12H10F4O2/c1-18-10(17)7-3-5-8-4-2-6-9(11(8)13)12(14,15)16/h2-6H,7H2,1H3. The molecule has 98 valence electrons. The van der Waals surface area contributed by atoms with Crippen molar-refractivity contribution in [3.63, 3.8) is 0 Å². The number of hydrogen-bond donors (Lipinski definition) is 0. The summed E-state index contributed by atoms with van der Waals surface area (Å²) in [6, 6.07) is 2.95. The number of alkyl halides is 3. The molecule has 0 unspecified atom stereocenters. The highest BCUT2D eigenvalue weighted by Gasteiger charge is 2.34. The fraction of sp³-hybridized carbons (Fsp3) is 0.250. The Morgan fingerprint density at radius 1 is 1.39 bits per heavy atom. The molecule has 0 aromatic heterocycles. The van der Waals surface area contributed by atoms with E-state index in [0.717, 1.165) is 12.1 Å². The molecule has 0 radical (unpaired) electrons. The number of rotatable bonds is 3. The van der Waals surface area contributed by atoms with Crippen LogP contribution in [0.25, 0.3) is 6.08 Å². The third-order valence-electron chi connectivity index (χ3n) is 2.14. The monoisotopic (exact) mass is 262 g/mol. The van der Waals surface area contributed by atoms with Gasteiger partial charge in [0.15, 0.2) is 0 Å². The van der Waals surface area contributed by atoms with E-state index in [9.17, 15) is 22.4 Å². The van der Waals surface area contributed by atoms with Gasteiger partial charge in [0, 0.05) is 5.56 Å². The number of methoxy groups -OCH3 is 1. The van der Waals surface area contributed by atoms with Crippen LogP contribution in [0.15, 0.2) is 24.3 Å². The zero-order valence-electron chi connectivity index (χ0n) is 9.42. The van der Waals surface area contributed by atoms with Crippen molar-refractivity contribution in [3.05, 3.63) is 41.2 Å². The van der Waals surface area contributed by atoms with E-state index in [1.54, 1.807) is 0 Å². The van der Waals surface area contributed by atoms with Crippen LogP contribution >= 0.6 is 0 Å². The normalized spacial score (nSPS) is 11.8. The molecule has 0 bridgehead atoms. The number of benzene rings is 1. The number of ether oxygens (including phenoxy) is 1. The Morgan fingerprint density at radius 3 is 2.61 bits per heavy atom. The van der Waals surface area contributed by atoms with Gasteiger partial charge in [-0.25, -0.2) is 4.39 Å². The van der Waals surface area contributed by atoms with Crippen LogP contribution in [0.2, 0.25) is 0 Å². The van der Waals surface area contributed by atoms with Crippen LogP contribution < -0.4 is 0 Å². The first kappa shape index (κ1) is 14.2. The first-order valence-corrected chi connectivity index (χ1v) is 4.95. The van der Waals surface area contributed by atoms with Crippen molar-refractivity contribution in [2.45, 2.75) is 12.6 Å². The van der Waals surface area contributed by atoms with Crippen LogP contribution in [-0.2, 0) is 15.7 Å². The zero-order valence-corrected chi connectivity index (χ0v) is 9.42. The minimum atomic E-state index is -4.74. The Bertz CT molecular complexity index is 464. The predicted octanol–water partition coefficient (Wildman–Crippen LogP) is 3.42. The third kappa shape index (κ3) is 3.58. The number of esters is 1. The molecule has 1 aromatic rings. The molecule has 1 aromatic carbocycles. The van der Waals surface area contributed by atoms with Crippen molar-refractivity contribution in [1.29, 1.82) is 0 Å². The van der Waals surface area contributed by atoms with Crippen molar-refractivity contribution in [2.75, 3.05) is 7.11 Å². The second-order valence-electron chi connectivity index (χ2n) is 3.39. The van der Waals surface area contributed by atoms with E-state index >= 15 is 0 Å². The molecule has 1 rings (SSSR count). The number of hydrogen-bond acceptors (Lipinski definition) is 2. The van der Waals surface area contributed by atoms with E-state index in [-0.39, 0.29) is 12.0 Å². The first-order valence-electron chi connectivity index (χ1n) is 4.95. The molecule has 0 saturated carbocycles. The third-order valence-corrected chi connectivity index (χ3v) is 2.14. The molecule has 0 N–H and O–H groups in total. The quantitative estimate of drug-likeness (QED) is 0.616. The second-order valence-corrected chi connectivity index (χ2v) is 3.39. The summed E-state index contributed by atoms with van der Waals surface area (Å²) in [5, 5.41) is 0. The summed E-state index contributed by atoms with van der Waals surface area (Å²) in [5.74, 6) is -1.91. The highest BCUT2D eigenvalue weighted by molar-refractivity contribution is 5.72. The fourth-order valence-electron chi connectivity index (χ4n) is 1.26. The van der Waals surface area contributed by atoms with Gasteiger partial charge in [-0.2, -0.15) is 13.2 Å². The lowest BCUT2D eigenvalue weighted by atomic mass is 10.1. The van der Waals surface area contributed by atoms with Gasteiger partial charge >= 0.3 is 12.1 Å². The van der Waals surface area contributed by atoms with Crippen molar-refractivity contribution in [3.8, 4) is 0 Å². The Morgan fingerprint density at radius 2 is 2.06 bits per heavy atom. The lowest BCUT2D eigenvalue weighted by Gasteiger charge is -2.09. The first-order chi connectivity index (χ1) is 8.36. The molecular weight excluding hydrogens is 252 g/mol. The molecule has 0 aliphatic rings. The molecule has 0 atom stereocenters. The molecule has 0 fully saturated rings. The molecular formula is C12H10F4O2. The summed E-state index contributed by atoms with van der Waals surface area (Å²) in [5.41, 5.74) is -1.56. The second kappa shape index (κ2) is 5.66. The van der Waals surface area contributed by atoms with Gasteiger partial charge < -0.3 is 4.74 Å². The minimum absolute atomic E-state index is 0.133. The molecule has 18 heavy (non-hydrogen) atoms. The molecule has 2 nitrogen and oxygen atoms in total. The van der Waals surface area contributed by atoms with Crippen LogP contribution in [0.5, 0.6) is 0 Å². The van der Waals surface area contributed by atoms with E-state index in [1.807, 2.05) is 0 Å². The van der Waals surface area contributed by atoms with Crippen LogP contribution in [0.4, 0.5) is 17.6 Å². The van der Waals surface area contributed by atoms with Gasteiger partial charge in [0.05, 0.1) is 19.1 Å².